The number of hydrogen-bond acceptors (Lipinski definition) is 5. The number of carbonyl (C=O) groups is 2. The lowest BCUT2D eigenvalue weighted by Crippen LogP contribution is -2.40. The Morgan fingerprint density at radius 2 is 1.60 bits per heavy atom. The summed E-state index contributed by atoms with van der Waals surface area (Å²) in [6.45, 7) is 1.62. The van der Waals surface area contributed by atoms with E-state index >= 15 is 0 Å². The number of benzene rings is 2. The lowest BCUT2D eigenvalue weighted by molar-refractivity contribution is -0.117. The number of anilines is 1. The van der Waals surface area contributed by atoms with Gasteiger partial charge in [-0.05, 0) is 50.2 Å². The maximum Gasteiger partial charge on any atom is 0.242 e. The molecule has 1 saturated heterocycles. The van der Waals surface area contributed by atoms with Gasteiger partial charge in [0, 0.05) is 31.3 Å². The van der Waals surface area contributed by atoms with Gasteiger partial charge < -0.3 is 5.32 Å². The Hall–Kier alpha value is -2.55. The molecule has 1 amide bonds. The summed E-state index contributed by atoms with van der Waals surface area (Å²) < 4.78 is 25.3. The van der Waals surface area contributed by atoms with E-state index in [1.807, 2.05) is 35.2 Å². The number of Topliss-reactive ketones (excluding diaryl/α,β-unsaturated/α-hetero) is 1. The van der Waals surface area contributed by atoms with Crippen LogP contribution in [-0.4, -0.2) is 63.0 Å². The summed E-state index contributed by atoms with van der Waals surface area (Å²) in [5.41, 5.74) is 1.29. The fourth-order valence-corrected chi connectivity index (χ4v) is 4.42. The van der Waals surface area contributed by atoms with E-state index in [9.17, 15) is 18.0 Å². The van der Waals surface area contributed by atoms with Crippen LogP contribution in [0.15, 0.2) is 59.5 Å². The van der Waals surface area contributed by atoms with Crippen LogP contribution in [0.1, 0.15) is 23.2 Å². The summed E-state index contributed by atoms with van der Waals surface area (Å²) in [5.74, 6) is 0.0106. The van der Waals surface area contributed by atoms with E-state index in [0.29, 0.717) is 18.8 Å². The summed E-state index contributed by atoms with van der Waals surface area (Å²) in [6.07, 6.45) is 1.47. The maximum atomic E-state index is 12.6. The van der Waals surface area contributed by atoms with Crippen molar-refractivity contribution in [2.45, 2.75) is 17.7 Å². The second kappa shape index (κ2) is 9.51. The number of hydrogen-bond donors (Lipinski definition) is 1. The van der Waals surface area contributed by atoms with Gasteiger partial charge in [-0.3, -0.25) is 14.5 Å². The van der Waals surface area contributed by atoms with Gasteiger partial charge in [0.05, 0.1) is 11.4 Å². The molecule has 1 aliphatic heterocycles. The minimum Gasteiger partial charge on any atom is -0.325 e. The minimum atomic E-state index is -3.49. The van der Waals surface area contributed by atoms with E-state index in [-0.39, 0.29) is 29.0 Å². The molecule has 0 bridgehead atoms. The quantitative estimate of drug-likeness (QED) is 0.684. The molecule has 0 aliphatic carbocycles. The summed E-state index contributed by atoms with van der Waals surface area (Å²) in [7, 11) is -0.545. The van der Waals surface area contributed by atoms with Crippen LogP contribution in [0.3, 0.4) is 0 Å². The van der Waals surface area contributed by atoms with E-state index in [1.165, 1.54) is 26.2 Å². The number of amides is 1. The molecule has 2 aromatic rings. The highest BCUT2D eigenvalue weighted by molar-refractivity contribution is 7.89. The second-order valence-corrected chi connectivity index (χ2v) is 9.79. The SMILES string of the molecule is CN(C)S(=O)(=O)c1ccc(NC(=O)CN2CCC(C(=O)c3ccccc3)CC2)cc1. The van der Waals surface area contributed by atoms with Crippen LogP contribution in [0.25, 0.3) is 0 Å². The van der Waals surface area contributed by atoms with Gasteiger partial charge in [-0.1, -0.05) is 30.3 Å². The van der Waals surface area contributed by atoms with Crippen molar-refractivity contribution in [2.24, 2.45) is 5.92 Å². The third kappa shape index (κ3) is 5.33. The highest BCUT2D eigenvalue weighted by Crippen LogP contribution is 2.22. The number of piperidine rings is 1. The molecule has 1 fully saturated rings. The average molecular weight is 430 g/mol. The normalized spacial score (nSPS) is 15.8. The predicted octanol–water partition coefficient (Wildman–Crippen LogP) is 2.47. The predicted molar refractivity (Wildman–Crippen MR) is 116 cm³/mol. The molecule has 0 aromatic heterocycles. The Bertz CT molecular complexity index is 981. The molecule has 0 saturated carbocycles. The Morgan fingerprint density at radius 1 is 1.00 bits per heavy atom. The first-order valence-electron chi connectivity index (χ1n) is 9.91. The third-order valence-corrected chi connectivity index (χ3v) is 7.13. The second-order valence-electron chi connectivity index (χ2n) is 7.64. The number of likely N-dealkylation sites (tertiary alicyclic amines) is 1. The Kier molecular flexibility index (Phi) is 7.02. The minimum absolute atomic E-state index is 0.00194. The van der Waals surface area contributed by atoms with Crippen molar-refractivity contribution in [3.8, 4) is 0 Å². The van der Waals surface area contributed by atoms with Crippen LogP contribution in [0.5, 0.6) is 0 Å². The van der Waals surface area contributed by atoms with E-state index in [2.05, 4.69) is 5.32 Å². The number of nitrogens with zero attached hydrogens (tertiary/aromatic N) is 2. The molecule has 7 nitrogen and oxygen atoms in total. The van der Waals surface area contributed by atoms with Crippen molar-refractivity contribution in [1.29, 1.82) is 0 Å². The first-order valence-corrected chi connectivity index (χ1v) is 11.4. The first kappa shape index (κ1) is 22.1. The number of ketones is 1. The Morgan fingerprint density at radius 3 is 2.17 bits per heavy atom. The summed E-state index contributed by atoms with van der Waals surface area (Å²) in [4.78, 5) is 27.1. The van der Waals surface area contributed by atoms with Gasteiger partial charge in [0.15, 0.2) is 5.78 Å². The summed E-state index contributed by atoms with van der Waals surface area (Å²) in [6, 6.07) is 15.4. The average Bonchev–Trinajstić information content (AvgIpc) is 2.74. The summed E-state index contributed by atoms with van der Waals surface area (Å²) >= 11 is 0. The van der Waals surface area contributed by atoms with E-state index < -0.39 is 10.0 Å². The summed E-state index contributed by atoms with van der Waals surface area (Å²) in [5, 5.41) is 2.80. The topological polar surface area (TPSA) is 86.8 Å². The molecule has 1 N–H and O–H groups in total. The van der Waals surface area contributed by atoms with Crippen LogP contribution in [-0.2, 0) is 14.8 Å². The van der Waals surface area contributed by atoms with Gasteiger partial charge in [0.25, 0.3) is 0 Å². The van der Waals surface area contributed by atoms with Crippen LogP contribution in [0.4, 0.5) is 5.69 Å². The molecule has 0 atom stereocenters. The Labute approximate surface area is 177 Å². The van der Waals surface area contributed by atoms with Crippen molar-refractivity contribution in [3.63, 3.8) is 0 Å². The van der Waals surface area contributed by atoms with Crippen LogP contribution >= 0.6 is 0 Å². The van der Waals surface area contributed by atoms with Crippen LogP contribution < -0.4 is 5.32 Å². The molecular weight excluding hydrogens is 402 g/mol. The molecule has 1 aliphatic rings. The van der Waals surface area contributed by atoms with Crippen molar-refractivity contribution >= 4 is 27.4 Å². The fraction of sp³-hybridized carbons (Fsp3) is 0.364. The van der Waals surface area contributed by atoms with E-state index in [4.69, 9.17) is 0 Å². The van der Waals surface area contributed by atoms with Crippen LogP contribution in [0.2, 0.25) is 0 Å². The number of nitrogens with one attached hydrogen (secondary N) is 1. The first-order chi connectivity index (χ1) is 14.3. The van der Waals surface area contributed by atoms with Gasteiger partial charge in [0.2, 0.25) is 15.9 Å². The zero-order chi connectivity index (χ0) is 21.7. The monoisotopic (exact) mass is 429 g/mol. The molecule has 8 heteroatoms. The van der Waals surface area contributed by atoms with Crippen molar-refractivity contribution < 1.29 is 18.0 Å². The molecule has 1 heterocycles. The van der Waals surface area contributed by atoms with Gasteiger partial charge in [-0.2, -0.15) is 0 Å². The van der Waals surface area contributed by atoms with E-state index in [1.54, 1.807) is 12.1 Å². The van der Waals surface area contributed by atoms with E-state index in [0.717, 1.165) is 22.7 Å². The van der Waals surface area contributed by atoms with Gasteiger partial charge in [-0.25, -0.2) is 12.7 Å². The standard InChI is InChI=1S/C22H27N3O4S/c1-24(2)30(28,29)20-10-8-19(9-11-20)23-21(26)16-25-14-12-18(13-15-25)22(27)17-6-4-3-5-7-17/h3-11,18H,12-16H2,1-2H3,(H,23,26). The van der Waals surface area contributed by atoms with Crippen LogP contribution in [0, 0.1) is 5.92 Å². The molecule has 3 rings (SSSR count). The maximum absolute atomic E-state index is 12.6. The van der Waals surface area contributed by atoms with Gasteiger partial charge in [-0.15, -0.1) is 0 Å². The molecule has 160 valence electrons. The van der Waals surface area contributed by atoms with Crippen molar-refractivity contribution in [2.75, 3.05) is 39.0 Å². The lowest BCUT2D eigenvalue weighted by Gasteiger charge is -2.30. The highest BCUT2D eigenvalue weighted by atomic mass is 32.2. The Balaban J connectivity index is 1.49. The zero-order valence-electron chi connectivity index (χ0n) is 17.2. The number of carbonyl (C=O) groups excluding carboxylic acids is 2. The zero-order valence-corrected chi connectivity index (χ0v) is 18.1. The third-order valence-electron chi connectivity index (χ3n) is 5.30. The molecule has 0 unspecified atom stereocenters. The lowest BCUT2D eigenvalue weighted by atomic mass is 9.89. The molecule has 30 heavy (non-hydrogen) atoms. The van der Waals surface area contributed by atoms with Gasteiger partial charge >= 0.3 is 0 Å². The number of rotatable bonds is 7. The molecule has 2 aromatic carbocycles. The fourth-order valence-electron chi connectivity index (χ4n) is 3.52. The van der Waals surface area contributed by atoms with Gasteiger partial charge in [0.1, 0.15) is 0 Å². The number of sulfonamides is 1. The van der Waals surface area contributed by atoms with Crippen molar-refractivity contribution in [1.82, 2.24) is 9.21 Å². The largest absolute Gasteiger partial charge is 0.325 e. The molecular formula is C22H27N3O4S. The highest BCUT2D eigenvalue weighted by Gasteiger charge is 2.26. The molecule has 0 spiro atoms. The smallest absolute Gasteiger partial charge is 0.242 e. The molecule has 0 radical (unpaired) electrons. The van der Waals surface area contributed by atoms with Crippen molar-refractivity contribution in [3.05, 3.63) is 60.2 Å².